The van der Waals surface area contributed by atoms with Crippen molar-refractivity contribution in [1.29, 1.82) is 0 Å². The van der Waals surface area contributed by atoms with E-state index in [9.17, 15) is 4.79 Å². The van der Waals surface area contributed by atoms with Gasteiger partial charge in [0.05, 0.1) is 7.11 Å². The third kappa shape index (κ3) is 3.78. The van der Waals surface area contributed by atoms with E-state index in [0.29, 0.717) is 11.3 Å². The highest BCUT2D eigenvalue weighted by molar-refractivity contribution is 5.94. The number of carbonyl (C=O) groups is 1. The first-order valence-electron chi connectivity index (χ1n) is 13.4. The van der Waals surface area contributed by atoms with Gasteiger partial charge in [-0.25, -0.2) is 0 Å². The van der Waals surface area contributed by atoms with Gasteiger partial charge in [0.25, 0.3) is 5.91 Å². The van der Waals surface area contributed by atoms with Gasteiger partial charge in [0, 0.05) is 11.6 Å². The summed E-state index contributed by atoms with van der Waals surface area (Å²) in [6, 6.07) is 7.71. The van der Waals surface area contributed by atoms with E-state index in [1.165, 1.54) is 57.8 Å². The van der Waals surface area contributed by atoms with Crippen LogP contribution in [0.2, 0.25) is 0 Å². The molecule has 0 aromatic heterocycles. The minimum absolute atomic E-state index is 0.0534. The maximum atomic E-state index is 12.9. The van der Waals surface area contributed by atoms with Crippen LogP contribution in [0.5, 0.6) is 5.75 Å². The predicted octanol–water partition coefficient (Wildman–Crippen LogP) is 6.72. The van der Waals surface area contributed by atoms with Crippen molar-refractivity contribution in [3.63, 3.8) is 0 Å². The Bertz CT molecular complexity index is 819. The summed E-state index contributed by atoms with van der Waals surface area (Å²) < 4.78 is 5.23. The van der Waals surface area contributed by atoms with Crippen molar-refractivity contribution in [3.8, 4) is 5.75 Å². The summed E-state index contributed by atoms with van der Waals surface area (Å²) in [5, 5.41) is 3.38. The lowest BCUT2D eigenvalue weighted by Crippen LogP contribution is -2.51. The van der Waals surface area contributed by atoms with Crippen LogP contribution in [0.25, 0.3) is 0 Å². The monoisotopic (exact) mass is 437 g/mol. The van der Waals surface area contributed by atoms with E-state index in [2.05, 4.69) is 26.1 Å². The van der Waals surface area contributed by atoms with E-state index in [0.717, 1.165) is 46.8 Å². The zero-order valence-electron chi connectivity index (χ0n) is 20.6. The molecule has 0 saturated heterocycles. The van der Waals surface area contributed by atoms with Crippen LogP contribution in [-0.4, -0.2) is 19.1 Å². The van der Waals surface area contributed by atoms with Gasteiger partial charge in [-0.15, -0.1) is 0 Å². The molecule has 0 spiro atoms. The fourth-order valence-electron chi connectivity index (χ4n) is 9.08. The molecule has 0 heterocycles. The molecule has 3 unspecified atom stereocenters. The molecule has 1 aromatic carbocycles. The van der Waals surface area contributed by atoms with Gasteiger partial charge in [-0.1, -0.05) is 20.3 Å². The molecular formula is C29H43NO2. The third-order valence-corrected chi connectivity index (χ3v) is 10.6. The van der Waals surface area contributed by atoms with Crippen molar-refractivity contribution in [2.75, 3.05) is 7.11 Å². The molecule has 32 heavy (non-hydrogen) atoms. The van der Waals surface area contributed by atoms with Gasteiger partial charge in [0.15, 0.2) is 0 Å². The van der Waals surface area contributed by atoms with Crippen molar-refractivity contribution in [2.45, 2.75) is 84.6 Å². The Hall–Kier alpha value is -1.51. The van der Waals surface area contributed by atoms with Gasteiger partial charge in [-0.3, -0.25) is 4.79 Å². The number of amides is 1. The average Bonchev–Trinajstić information content (AvgIpc) is 3.16. The molecule has 1 N–H and O–H groups in total. The molecule has 5 rings (SSSR count). The lowest BCUT2D eigenvalue weighted by molar-refractivity contribution is -0.0698. The number of methoxy groups -OCH3 is 1. The molecule has 3 nitrogen and oxygen atoms in total. The highest BCUT2D eigenvalue weighted by Crippen LogP contribution is 2.64. The van der Waals surface area contributed by atoms with Crippen molar-refractivity contribution < 1.29 is 9.53 Å². The van der Waals surface area contributed by atoms with Crippen molar-refractivity contribution in [2.24, 2.45) is 46.8 Å². The van der Waals surface area contributed by atoms with E-state index in [4.69, 9.17) is 4.74 Å². The minimum Gasteiger partial charge on any atom is -0.497 e. The molecule has 0 radical (unpaired) electrons. The first-order valence-corrected chi connectivity index (χ1v) is 13.4. The Kier molecular flexibility index (Phi) is 6.05. The number of hydrogen-bond acceptors (Lipinski definition) is 2. The van der Waals surface area contributed by atoms with Gasteiger partial charge in [-0.05, 0) is 129 Å². The number of nitrogens with one attached hydrogen (secondary N) is 1. The zero-order chi connectivity index (χ0) is 22.5. The number of fused-ring (bicyclic) bond motifs is 5. The van der Waals surface area contributed by atoms with Crippen LogP contribution in [-0.2, 0) is 0 Å². The second kappa shape index (κ2) is 8.69. The van der Waals surface area contributed by atoms with Crippen LogP contribution in [0.15, 0.2) is 24.3 Å². The summed E-state index contributed by atoms with van der Waals surface area (Å²) in [7, 11) is 1.66. The van der Waals surface area contributed by atoms with Gasteiger partial charge < -0.3 is 10.1 Å². The average molecular weight is 438 g/mol. The molecule has 4 aliphatic rings. The van der Waals surface area contributed by atoms with Crippen LogP contribution in [0.1, 0.15) is 88.9 Å². The first-order chi connectivity index (χ1) is 15.4. The summed E-state index contributed by atoms with van der Waals surface area (Å²) in [5.74, 6) is 7.22. The second-order valence-electron chi connectivity index (χ2n) is 12.1. The number of hydrogen-bond donors (Lipinski definition) is 1. The molecule has 4 saturated carbocycles. The number of rotatable bonds is 4. The summed E-state index contributed by atoms with van der Waals surface area (Å²) in [6.07, 6.45) is 12.9. The smallest absolute Gasteiger partial charge is 0.251 e. The lowest BCUT2D eigenvalue weighted by atomic mass is 9.49. The summed E-state index contributed by atoms with van der Waals surface area (Å²) in [5.41, 5.74) is 1.12. The molecule has 176 valence electrons. The van der Waals surface area contributed by atoms with E-state index < -0.39 is 0 Å². The fraction of sp³-hybridized carbons (Fsp3) is 0.759. The summed E-state index contributed by atoms with van der Waals surface area (Å²) in [4.78, 5) is 12.9. The summed E-state index contributed by atoms with van der Waals surface area (Å²) in [6.45, 7) is 7.31. The molecule has 9 atom stereocenters. The Morgan fingerprint density at radius 1 is 1.00 bits per heavy atom. The minimum atomic E-state index is 0.0534. The van der Waals surface area contributed by atoms with Crippen LogP contribution >= 0.6 is 0 Å². The lowest BCUT2D eigenvalue weighted by Gasteiger charge is -2.56. The molecule has 0 bridgehead atoms. The van der Waals surface area contributed by atoms with Crippen LogP contribution in [0.4, 0.5) is 0 Å². The highest BCUT2D eigenvalue weighted by Gasteiger charge is 2.57. The molecule has 4 aliphatic carbocycles. The van der Waals surface area contributed by atoms with Gasteiger partial charge >= 0.3 is 0 Å². The van der Waals surface area contributed by atoms with E-state index in [1.54, 1.807) is 7.11 Å². The molecule has 3 heteroatoms. The Balaban J connectivity index is 1.26. The highest BCUT2D eigenvalue weighted by atomic mass is 16.5. The Labute approximate surface area is 195 Å². The predicted molar refractivity (Wildman–Crippen MR) is 130 cm³/mol. The standard InChI is InChI=1S/C29H43NO2/c1-18-5-11-23-21(17-18)8-12-25-24(23)15-16-29(3)26(13-14-27(25)29)19(2)30-28(31)20-6-9-22(32-4)10-7-20/h6-7,9-10,18-19,21,23-27H,5,8,11-17H2,1-4H3,(H,30,31)/t18-,19+,21+,23-,24?,25+,26?,27?,29+/m0/s1. The molecule has 1 amide bonds. The number of carbonyl (C=O) groups excluding carboxylic acids is 1. The molecular weight excluding hydrogens is 394 g/mol. The summed E-state index contributed by atoms with van der Waals surface area (Å²) >= 11 is 0. The van der Waals surface area contributed by atoms with E-state index >= 15 is 0 Å². The second-order valence-corrected chi connectivity index (χ2v) is 12.1. The van der Waals surface area contributed by atoms with Crippen LogP contribution in [0.3, 0.4) is 0 Å². The topological polar surface area (TPSA) is 38.3 Å². The number of benzene rings is 1. The Morgan fingerprint density at radius 2 is 1.75 bits per heavy atom. The Morgan fingerprint density at radius 3 is 2.50 bits per heavy atom. The molecule has 4 fully saturated rings. The molecule has 0 aliphatic heterocycles. The van der Waals surface area contributed by atoms with Gasteiger partial charge in [0.1, 0.15) is 5.75 Å². The normalized spacial score (nSPS) is 41.7. The van der Waals surface area contributed by atoms with Gasteiger partial charge in [-0.2, -0.15) is 0 Å². The van der Waals surface area contributed by atoms with E-state index in [-0.39, 0.29) is 11.9 Å². The van der Waals surface area contributed by atoms with Crippen LogP contribution in [0, 0.1) is 46.8 Å². The first kappa shape index (κ1) is 22.3. The number of ether oxygens (including phenoxy) is 1. The SMILES string of the molecule is COc1ccc(C(=O)N[C@H](C)C2CCC3[C@@H]4CC[C@@H]5C[C@@H](C)CC[C@@H]5C4CC[C@@]32C)cc1. The van der Waals surface area contributed by atoms with Crippen LogP contribution < -0.4 is 10.1 Å². The van der Waals surface area contributed by atoms with Gasteiger partial charge in [0.2, 0.25) is 0 Å². The van der Waals surface area contributed by atoms with Crippen molar-refractivity contribution >= 4 is 5.91 Å². The zero-order valence-corrected chi connectivity index (χ0v) is 20.6. The quantitative estimate of drug-likeness (QED) is 0.568. The maximum absolute atomic E-state index is 12.9. The van der Waals surface area contributed by atoms with Crippen molar-refractivity contribution in [3.05, 3.63) is 29.8 Å². The maximum Gasteiger partial charge on any atom is 0.251 e. The largest absolute Gasteiger partial charge is 0.497 e. The fourth-order valence-corrected chi connectivity index (χ4v) is 9.08. The van der Waals surface area contributed by atoms with E-state index in [1.807, 2.05) is 24.3 Å². The van der Waals surface area contributed by atoms with Crippen molar-refractivity contribution in [1.82, 2.24) is 5.32 Å². The third-order valence-electron chi connectivity index (χ3n) is 10.6. The molecule has 1 aromatic rings.